The van der Waals surface area contributed by atoms with E-state index in [9.17, 15) is 28.2 Å². The highest BCUT2D eigenvalue weighted by molar-refractivity contribution is 7.87. The van der Waals surface area contributed by atoms with Crippen molar-refractivity contribution in [1.82, 2.24) is 0 Å². The largest absolute Gasteiger partial charge is 0.549 e. The fourth-order valence-corrected chi connectivity index (χ4v) is 3.37. The Morgan fingerprint density at radius 3 is 1.72 bits per heavy atom. The van der Waals surface area contributed by atoms with Gasteiger partial charge in [-0.15, -0.1) is 0 Å². The van der Waals surface area contributed by atoms with Crippen LogP contribution in [0.5, 0.6) is 0 Å². The van der Waals surface area contributed by atoms with Gasteiger partial charge >= 0.3 is 0 Å². The Hall–Kier alpha value is -1.15. The van der Waals surface area contributed by atoms with E-state index in [-0.39, 0.29) is 25.7 Å². The first-order valence-corrected chi connectivity index (χ1v) is 7.02. The van der Waals surface area contributed by atoms with E-state index in [0.29, 0.717) is 0 Å². The Kier molecular flexibility index (Phi) is 5.75. The first-order chi connectivity index (χ1) is 8.13. The van der Waals surface area contributed by atoms with Crippen LogP contribution in [-0.4, -0.2) is 30.2 Å². The van der Waals surface area contributed by atoms with E-state index in [1.54, 1.807) is 13.8 Å². The van der Waals surface area contributed by atoms with Crippen molar-refractivity contribution in [1.29, 1.82) is 0 Å². The topological polar surface area (TPSA) is 135 Å². The summed E-state index contributed by atoms with van der Waals surface area (Å²) in [5.41, 5.74) is -2.17. The number of carboxylic acids is 2. The number of carboxylic acid groups (broad SMARTS) is 2. The maximum atomic E-state index is 11.2. The molecule has 0 rings (SSSR count). The van der Waals surface area contributed by atoms with Gasteiger partial charge in [-0.25, -0.2) is 0 Å². The highest BCUT2D eigenvalue weighted by atomic mass is 32.2. The molecule has 0 spiro atoms. The predicted molar refractivity (Wildman–Crippen MR) is 57.6 cm³/mol. The van der Waals surface area contributed by atoms with Crippen molar-refractivity contribution in [3.05, 3.63) is 0 Å². The van der Waals surface area contributed by atoms with E-state index in [4.69, 9.17) is 4.55 Å². The zero-order valence-electron chi connectivity index (χ0n) is 10.2. The van der Waals surface area contributed by atoms with Gasteiger partial charge in [0.05, 0.1) is 5.97 Å². The minimum Gasteiger partial charge on any atom is -0.549 e. The molecule has 0 saturated carbocycles. The lowest BCUT2D eigenvalue weighted by atomic mass is 9.76. The lowest BCUT2D eigenvalue weighted by molar-refractivity contribution is -0.328. The van der Waals surface area contributed by atoms with Crippen LogP contribution in [0.15, 0.2) is 0 Å². The average molecular weight is 280 g/mol. The molecule has 0 aromatic heterocycles. The summed E-state index contributed by atoms with van der Waals surface area (Å²) in [5, 5.41) is 19.6. The van der Waals surface area contributed by atoms with Crippen LogP contribution >= 0.6 is 0 Å². The maximum absolute atomic E-state index is 11.2. The van der Waals surface area contributed by atoms with Gasteiger partial charge in [0, 0.05) is 11.4 Å². The first-order valence-electron chi connectivity index (χ1n) is 5.52. The van der Waals surface area contributed by atoms with E-state index in [1.807, 2.05) is 0 Å². The van der Waals surface area contributed by atoms with E-state index in [0.717, 1.165) is 0 Å². The van der Waals surface area contributed by atoms with E-state index < -0.39 is 32.7 Å². The van der Waals surface area contributed by atoms with Crippen LogP contribution in [0, 0.1) is 5.41 Å². The zero-order chi connectivity index (χ0) is 14.6. The number of carbonyl (C=O) groups is 2. The lowest BCUT2D eigenvalue weighted by Gasteiger charge is -2.40. The van der Waals surface area contributed by atoms with Crippen LogP contribution in [0.3, 0.4) is 0 Å². The van der Waals surface area contributed by atoms with Gasteiger partial charge in [-0.1, -0.05) is 26.7 Å². The maximum Gasteiger partial charge on any atom is 0.274 e. The molecule has 1 unspecified atom stereocenters. The molecule has 8 heteroatoms. The molecule has 0 aliphatic carbocycles. The lowest BCUT2D eigenvalue weighted by Crippen LogP contribution is -2.59. The standard InChI is InChI=1S/C10H18O7S/c1-3-5-10(6-4-2,9(13)14)7(8(11)12)18(15,16)17/h7H,3-6H2,1-2H3,(H,11,12)(H,13,14)(H,15,16,17)/p-2. The monoisotopic (exact) mass is 280 g/mol. The van der Waals surface area contributed by atoms with Gasteiger partial charge in [-0.2, -0.15) is 8.42 Å². The molecule has 0 bridgehead atoms. The second-order valence-corrected chi connectivity index (χ2v) is 5.66. The molecule has 0 fully saturated rings. The van der Waals surface area contributed by atoms with Crippen LogP contribution in [0.4, 0.5) is 0 Å². The second kappa shape index (κ2) is 6.14. The smallest absolute Gasteiger partial charge is 0.274 e. The Morgan fingerprint density at radius 1 is 1.17 bits per heavy atom. The van der Waals surface area contributed by atoms with E-state index in [2.05, 4.69) is 0 Å². The number of carbonyl (C=O) groups excluding carboxylic acids is 2. The van der Waals surface area contributed by atoms with E-state index >= 15 is 0 Å². The molecule has 1 atom stereocenters. The van der Waals surface area contributed by atoms with Crippen LogP contribution in [0.25, 0.3) is 0 Å². The molecule has 0 aromatic rings. The SMILES string of the molecule is CCCC(CCC)(C(=O)[O-])C(C(=O)[O-])S(=O)(=O)O. The van der Waals surface area contributed by atoms with Crippen molar-refractivity contribution >= 4 is 22.1 Å². The van der Waals surface area contributed by atoms with Gasteiger partial charge in [0.2, 0.25) is 0 Å². The number of aliphatic carboxylic acids is 2. The molecule has 0 saturated heterocycles. The average Bonchev–Trinajstić information content (AvgIpc) is 2.14. The van der Waals surface area contributed by atoms with Crippen molar-refractivity contribution in [2.75, 3.05) is 0 Å². The minimum atomic E-state index is -5.09. The second-order valence-electron chi connectivity index (χ2n) is 4.16. The fraction of sp³-hybridized carbons (Fsp3) is 0.800. The third-order valence-electron chi connectivity index (χ3n) is 2.81. The molecule has 1 N–H and O–H groups in total. The molecule has 0 aliphatic rings. The number of hydrogen-bond acceptors (Lipinski definition) is 6. The molecular formula is C10H16O7S-2. The van der Waals surface area contributed by atoms with Crippen molar-refractivity contribution in [3.8, 4) is 0 Å². The minimum absolute atomic E-state index is 0.229. The first kappa shape index (κ1) is 16.9. The summed E-state index contributed by atoms with van der Waals surface area (Å²) in [6.07, 6.45) is -0.0101. The Morgan fingerprint density at radius 2 is 1.56 bits per heavy atom. The van der Waals surface area contributed by atoms with Crippen LogP contribution in [-0.2, 0) is 19.7 Å². The highest BCUT2D eigenvalue weighted by Gasteiger charge is 2.46. The zero-order valence-corrected chi connectivity index (χ0v) is 11.0. The summed E-state index contributed by atoms with van der Waals surface area (Å²) in [7, 11) is -5.09. The van der Waals surface area contributed by atoms with Gasteiger partial charge < -0.3 is 19.8 Å². The molecule has 0 aromatic carbocycles. The van der Waals surface area contributed by atoms with E-state index in [1.165, 1.54) is 0 Å². The predicted octanol–water partition coefficient (Wildman–Crippen LogP) is -1.67. The van der Waals surface area contributed by atoms with Crippen LogP contribution < -0.4 is 10.2 Å². The van der Waals surface area contributed by atoms with Gasteiger partial charge in [0.1, 0.15) is 5.25 Å². The third kappa shape index (κ3) is 3.42. The van der Waals surface area contributed by atoms with Crippen molar-refractivity contribution in [2.45, 2.75) is 44.8 Å². The molecule has 18 heavy (non-hydrogen) atoms. The quantitative estimate of drug-likeness (QED) is 0.525. The van der Waals surface area contributed by atoms with Crippen molar-refractivity contribution < 1.29 is 32.8 Å². The summed E-state index contributed by atoms with van der Waals surface area (Å²) in [4.78, 5) is 22.1. The highest BCUT2D eigenvalue weighted by Crippen LogP contribution is 2.36. The van der Waals surface area contributed by atoms with Crippen LogP contribution in [0.2, 0.25) is 0 Å². The Balaban J connectivity index is 5.92. The van der Waals surface area contributed by atoms with Crippen molar-refractivity contribution in [3.63, 3.8) is 0 Å². The Labute approximate surface area is 106 Å². The fourth-order valence-electron chi connectivity index (χ4n) is 2.22. The molecule has 106 valence electrons. The third-order valence-corrected chi connectivity index (χ3v) is 4.05. The number of hydrogen-bond donors (Lipinski definition) is 1. The molecular weight excluding hydrogens is 264 g/mol. The van der Waals surface area contributed by atoms with Crippen LogP contribution in [0.1, 0.15) is 39.5 Å². The Bertz CT molecular complexity index is 406. The molecule has 0 heterocycles. The summed E-state index contributed by atoms with van der Waals surface area (Å²) in [6, 6.07) is 0. The molecule has 0 aliphatic heterocycles. The molecule has 7 nitrogen and oxygen atoms in total. The molecule has 0 radical (unpaired) electrons. The summed E-state index contributed by atoms with van der Waals surface area (Å²) in [6.45, 7) is 3.15. The van der Waals surface area contributed by atoms with Gasteiger partial charge in [0.15, 0.2) is 0 Å². The van der Waals surface area contributed by atoms with Gasteiger partial charge in [-0.05, 0) is 12.8 Å². The van der Waals surface area contributed by atoms with Gasteiger partial charge in [-0.3, -0.25) is 4.55 Å². The summed E-state index contributed by atoms with van der Waals surface area (Å²) in [5.74, 6) is -3.94. The van der Waals surface area contributed by atoms with Gasteiger partial charge in [0.25, 0.3) is 10.1 Å². The summed E-state index contributed by atoms with van der Waals surface area (Å²) < 4.78 is 31.2. The normalized spacial score (nSPS) is 14.2. The molecule has 0 amide bonds. The van der Waals surface area contributed by atoms with Crippen molar-refractivity contribution in [2.24, 2.45) is 5.41 Å². The number of rotatable bonds is 8. The summed E-state index contributed by atoms with van der Waals surface area (Å²) >= 11 is 0.